The third-order valence-corrected chi connectivity index (χ3v) is 4.38. The molecular formula is C8H12IN3OS. The Kier molecular flexibility index (Phi) is 3.69. The monoisotopic (exact) mass is 325 g/mol. The number of aromatic amines is 1. The molecule has 2 atom stereocenters. The van der Waals surface area contributed by atoms with Crippen molar-refractivity contribution in [3.63, 3.8) is 0 Å². The molecule has 0 spiro atoms. The Bertz CT molecular complexity index is 282. The summed E-state index contributed by atoms with van der Waals surface area (Å²) in [4.78, 5) is 0. The molecule has 0 radical (unpaired) electrons. The molecule has 6 heteroatoms. The van der Waals surface area contributed by atoms with E-state index in [1.165, 1.54) is 0 Å². The Balaban J connectivity index is 2.05. The van der Waals surface area contributed by atoms with Gasteiger partial charge < -0.3 is 4.74 Å². The van der Waals surface area contributed by atoms with Gasteiger partial charge in [-0.2, -0.15) is 5.10 Å². The molecule has 78 valence electrons. The van der Waals surface area contributed by atoms with Crippen molar-refractivity contribution in [1.82, 2.24) is 14.5 Å². The van der Waals surface area contributed by atoms with Crippen LogP contribution in [0.5, 0.6) is 0 Å². The summed E-state index contributed by atoms with van der Waals surface area (Å²) < 4.78 is 8.16. The van der Waals surface area contributed by atoms with E-state index in [9.17, 15) is 0 Å². The Hall–Kier alpha value is 0.210. The molecule has 1 fully saturated rings. The molecule has 1 aromatic heterocycles. The van der Waals surface area contributed by atoms with Crippen molar-refractivity contribution in [2.75, 3.05) is 13.1 Å². The van der Waals surface area contributed by atoms with Crippen LogP contribution in [0, 0.1) is 0 Å². The molecule has 0 aliphatic carbocycles. The zero-order valence-corrected chi connectivity index (χ0v) is 10.8. The van der Waals surface area contributed by atoms with E-state index in [4.69, 9.17) is 4.74 Å². The molecule has 14 heavy (non-hydrogen) atoms. The summed E-state index contributed by atoms with van der Waals surface area (Å²) in [6, 6.07) is 0. The van der Waals surface area contributed by atoms with Gasteiger partial charge in [-0.3, -0.25) is 5.10 Å². The number of nitrogens with one attached hydrogen (secondary N) is 1. The van der Waals surface area contributed by atoms with Gasteiger partial charge in [-0.1, -0.05) is 0 Å². The second-order valence-electron chi connectivity index (χ2n) is 3.38. The first kappa shape index (κ1) is 10.7. The Morgan fingerprint density at radius 3 is 3.21 bits per heavy atom. The normalized spacial score (nSPS) is 29.3. The fraction of sp³-hybridized carbons (Fsp3) is 0.625. The molecule has 2 heterocycles. The first-order valence-electron chi connectivity index (χ1n) is 4.47. The SMILES string of the molecule is CC1CN(SI)CC(c2cn[nH]c2)O1. The first-order chi connectivity index (χ1) is 6.79. The molecule has 0 aromatic carbocycles. The molecule has 1 aliphatic heterocycles. The lowest BCUT2D eigenvalue weighted by Crippen LogP contribution is -2.38. The zero-order valence-electron chi connectivity index (χ0n) is 7.81. The van der Waals surface area contributed by atoms with Gasteiger partial charge in [-0.25, -0.2) is 4.31 Å². The number of rotatable bonds is 2. The highest BCUT2D eigenvalue weighted by atomic mass is 127. The van der Waals surface area contributed by atoms with Crippen molar-refractivity contribution in [1.29, 1.82) is 0 Å². The van der Waals surface area contributed by atoms with Crippen LogP contribution in [0.2, 0.25) is 0 Å². The fourth-order valence-electron chi connectivity index (χ4n) is 1.59. The van der Waals surface area contributed by atoms with Gasteiger partial charge in [0.25, 0.3) is 0 Å². The van der Waals surface area contributed by atoms with Crippen molar-refractivity contribution >= 4 is 30.3 Å². The number of aromatic nitrogens is 2. The minimum atomic E-state index is 0.153. The second-order valence-corrected chi connectivity index (χ2v) is 5.22. The summed E-state index contributed by atoms with van der Waals surface area (Å²) in [5.41, 5.74) is 1.13. The minimum absolute atomic E-state index is 0.153. The molecule has 2 rings (SSSR count). The van der Waals surface area contributed by atoms with E-state index in [-0.39, 0.29) is 12.2 Å². The highest BCUT2D eigenvalue weighted by molar-refractivity contribution is 14.2. The van der Waals surface area contributed by atoms with Gasteiger partial charge in [-0.15, -0.1) is 0 Å². The van der Waals surface area contributed by atoms with Crippen LogP contribution >= 0.6 is 30.3 Å². The Morgan fingerprint density at radius 2 is 2.57 bits per heavy atom. The summed E-state index contributed by atoms with van der Waals surface area (Å²) >= 11 is 2.31. The van der Waals surface area contributed by atoms with E-state index in [1.807, 2.05) is 12.4 Å². The van der Waals surface area contributed by atoms with E-state index in [0.29, 0.717) is 0 Å². The van der Waals surface area contributed by atoms with E-state index < -0.39 is 0 Å². The highest BCUT2D eigenvalue weighted by Crippen LogP contribution is 2.30. The predicted octanol–water partition coefficient (Wildman–Crippen LogP) is 2.17. The number of nitrogens with zero attached hydrogens (tertiary/aromatic N) is 2. The third kappa shape index (κ3) is 2.41. The molecule has 4 nitrogen and oxygen atoms in total. The van der Waals surface area contributed by atoms with Crippen LogP contribution in [0.3, 0.4) is 0 Å². The maximum absolute atomic E-state index is 5.84. The maximum Gasteiger partial charge on any atom is 0.0995 e. The minimum Gasteiger partial charge on any atom is -0.368 e. The Labute approximate surface area is 99.5 Å². The number of H-pyrrole nitrogens is 1. The van der Waals surface area contributed by atoms with E-state index in [1.54, 1.807) is 9.12 Å². The highest BCUT2D eigenvalue weighted by Gasteiger charge is 2.26. The average Bonchev–Trinajstić information content (AvgIpc) is 2.69. The van der Waals surface area contributed by atoms with Gasteiger partial charge in [0.2, 0.25) is 0 Å². The van der Waals surface area contributed by atoms with Crippen LogP contribution in [0.4, 0.5) is 0 Å². The number of hydrogen-bond donors (Lipinski definition) is 1. The number of hydrogen-bond acceptors (Lipinski definition) is 4. The molecule has 0 bridgehead atoms. The van der Waals surface area contributed by atoms with Gasteiger partial charge in [0.05, 0.1) is 18.4 Å². The van der Waals surface area contributed by atoms with Crippen molar-refractivity contribution in [2.45, 2.75) is 19.1 Å². The summed E-state index contributed by atoms with van der Waals surface area (Å²) in [7, 11) is 1.74. The summed E-state index contributed by atoms with van der Waals surface area (Å²) in [5.74, 6) is 0. The topological polar surface area (TPSA) is 41.2 Å². The number of halogens is 1. The zero-order chi connectivity index (χ0) is 9.97. The van der Waals surface area contributed by atoms with Gasteiger partial charge in [-0.05, 0) is 16.0 Å². The molecule has 0 amide bonds. The van der Waals surface area contributed by atoms with Crippen LogP contribution in [-0.4, -0.2) is 33.7 Å². The van der Waals surface area contributed by atoms with Crippen molar-refractivity contribution in [3.8, 4) is 0 Å². The Morgan fingerprint density at radius 1 is 1.71 bits per heavy atom. The van der Waals surface area contributed by atoms with E-state index in [2.05, 4.69) is 42.6 Å². The van der Waals surface area contributed by atoms with E-state index >= 15 is 0 Å². The lowest BCUT2D eigenvalue weighted by atomic mass is 10.1. The molecule has 1 N–H and O–H groups in total. The third-order valence-electron chi connectivity index (χ3n) is 2.22. The van der Waals surface area contributed by atoms with Gasteiger partial charge in [0, 0.05) is 46.1 Å². The van der Waals surface area contributed by atoms with Crippen molar-refractivity contribution in [2.24, 2.45) is 0 Å². The van der Waals surface area contributed by atoms with Gasteiger partial charge in [0.1, 0.15) is 0 Å². The second kappa shape index (κ2) is 4.82. The molecule has 1 aliphatic rings. The summed E-state index contributed by atoms with van der Waals surface area (Å²) in [6.07, 6.45) is 4.17. The maximum atomic E-state index is 5.84. The molecule has 1 saturated heterocycles. The summed E-state index contributed by atoms with van der Waals surface area (Å²) in [6.45, 7) is 4.02. The standard InChI is InChI=1S/C8H12IN3OS/c1-6-4-12(14-9)5-8(13-6)7-2-10-11-3-7/h2-3,6,8H,4-5H2,1H3,(H,10,11). The van der Waals surface area contributed by atoms with Crippen LogP contribution in [-0.2, 0) is 4.74 Å². The van der Waals surface area contributed by atoms with Crippen LogP contribution in [0.25, 0.3) is 0 Å². The van der Waals surface area contributed by atoms with Crippen molar-refractivity contribution < 1.29 is 4.74 Å². The molecule has 1 aromatic rings. The predicted molar refractivity (Wildman–Crippen MR) is 65.1 cm³/mol. The van der Waals surface area contributed by atoms with Crippen LogP contribution in [0.1, 0.15) is 18.6 Å². The first-order valence-corrected chi connectivity index (χ1v) is 7.79. The molecule has 0 saturated carbocycles. The van der Waals surface area contributed by atoms with Gasteiger partial charge in [0.15, 0.2) is 0 Å². The van der Waals surface area contributed by atoms with Gasteiger partial charge >= 0.3 is 0 Å². The lowest BCUT2D eigenvalue weighted by molar-refractivity contribution is -0.0526. The smallest absolute Gasteiger partial charge is 0.0995 e. The fourth-order valence-corrected chi connectivity index (χ4v) is 3.01. The average molecular weight is 325 g/mol. The van der Waals surface area contributed by atoms with Crippen LogP contribution < -0.4 is 0 Å². The van der Waals surface area contributed by atoms with E-state index in [0.717, 1.165) is 18.7 Å². The van der Waals surface area contributed by atoms with Crippen molar-refractivity contribution in [3.05, 3.63) is 18.0 Å². The summed E-state index contributed by atoms with van der Waals surface area (Å²) in [5, 5.41) is 6.76. The molecule has 2 unspecified atom stereocenters. The largest absolute Gasteiger partial charge is 0.368 e. The number of ether oxygens (including phenoxy) is 1. The number of morpholine rings is 1. The van der Waals surface area contributed by atoms with Crippen LogP contribution in [0.15, 0.2) is 12.4 Å². The molecular weight excluding hydrogens is 313 g/mol. The lowest BCUT2D eigenvalue weighted by Gasteiger charge is -2.34. The quantitative estimate of drug-likeness (QED) is 0.668.